The van der Waals surface area contributed by atoms with Crippen LogP contribution in [0.3, 0.4) is 0 Å². The van der Waals surface area contributed by atoms with Crippen LogP contribution in [-0.4, -0.2) is 19.6 Å². The molecule has 0 aliphatic carbocycles. The van der Waals surface area contributed by atoms with E-state index < -0.39 is 0 Å². The average Bonchev–Trinajstić information content (AvgIpc) is 3.23. The molecule has 3 aromatic rings. The Morgan fingerprint density at radius 1 is 1.12 bits per heavy atom. The second kappa shape index (κ2) is 7.66. The summed E-state index contributed by atoms with van der Waals surface area (Å²) in [4.78, 5) is 0. The molecule has 2 heterocycles. The van der Waals surface area contributed by atoms with Crippen molar-refractivity contribution in [3.8, 4) is 5.69 Å². The highest BCUT2D eigenvalue weighted by Gasteiger charge is 2.16. The fourth-order valence-corrected chi connectivity index (χ4v) is 3.11. The van der Waals surface area contributed by atoms with Crippen molar-refractivity contribution in [2.75, 3.05) is 0 Å². The predicted octanol–water partition coefficient (Wildman–Crippen LogP) is 3.97. The van der Waals surface area contributed by atoms with E-state index in [0.29, 0.717) is 12.0 Å². The zero-order chi connectivity index (χ0) is 17.8. The Hall–Kier alpha value is -2.40. The van der Waals surface area contributed by atoms with Crippen LogP contribution in [0.4, 0.5) is 0 Å². The Labute approximate surface area is 149 Å². The summed E-state index contributed by atoms with van der Waals surface area (Å²) in [6, 6.07) is 10.6. The largest absolute Gasteiger partial charge is 0.306 e. The maximum atomic E-state index is 4.82. The van der Waals surface area contributed by atoms with Crippen LogP contribution in [0.15, 0.2) is 48.9 Å². The van der Waals surface area contributed by atoms with Crippen molar-refractivity contribution in [2.24, 2.45) is 7.05 Å². The molecule has 5 nitrogen and oxygen atoms in total. The minimum Gasteiger partial charge on any atom is -0.306 e. The molecule has 1 unspecified atom stereocenters. The van der Waals surface area contributed by atoms with Gasteiger partial charge in [0.05, 0.1) is 17.6 Å². The molecule has 2 aromatic heterocycles. The van der Waals surface area contributed by atoms with E-state index in [1.165, 1.54) is 11.1 Å². The van der Waals surface area contributed by atoms with Crippen molar-refractivity contribution in [3.63, 3.8) is 0 Å². The molecule has 5 heteroatoms. The number of para-hydroxylation sites is 1. The van der Waals surface area contributed by atoms with Crippen LogP contribution in [0, 0.1) is 0 Å². The van der Waals surface area contributed by atoms with Crippen molar-refractivity contribution in [1.82, 2.24) is 24.9 Å². The predicted molar refractivity (Wildman–Crippen MR) is 101 cm³/mol. The first-order chi connectivity index (χ1) is 12.1. The second-order valence-corrected chi connectivity index (χ2v) is 6.76. The quantitative estimate of drug-likeness (QED) is 0.709. The number of nitrogens with one attached hydrogen (secondary N) is 1. The van der Waals surface area contributed by atoms with Crippen LogP contribution >= 0.6 is 0 Å². The van der Waals surface area contributed by atoms with Gasteiger partial charge in [-0.1, -0.05) is 39.0 Å². The van der Waals surface area contributed by atoms with E-state index in [4.69, 9.17) is 5.10 Å². The third kappa shape index (κ3) is 3.99. The van der Waals surface area contributed by atoms with Crippen LogP contribution < -0.4 is 5.32 Å². The Morgan fingerprint density at radius 3 is 2.48 bits per heavy atom. The van der Waals surface area contributed by atoms with Gasteiger partial charge in [-0.25, -0.2) is 4.68 Å². The monoisotopic (exact) mass is 337 g/mol. The van der Waals surface area contributed by atoms with Gasteiger partial charge in [0.15, 0.2) is 0 Å². The lowest BCUT2D eigenvalue weighted by molar-refractivity contribution is 0.516. The Bertz CT molecular complexity index is 801. The lowest BCUT2D eigenvalue weighted by Crippen LogP contribution is -2.20. The van der Waals surface area contributed by atoms with Crippen LogP contribution in [0.2, 0.25) is 0 Å². The highest BCUT2D eigenvalue weighted by molar-refractivity contribution is 5.33. The summed E-state index contributed by atoms with van der Waals surface area (Å²) in [5.41, 5.74) is 4.72. The number of hydrogen-bond acceptors (Lipinski definition) is 3. The number of benzene rings is 1. The molecule has 25 heavy (non-hydrogen) atoms. The van der Waals surface area contributed by atoms with Crippen LogP contribution in [0.25, 0.3) is 5.69 Å². The van der Waals surface area contributed by atoms with Gasteiger partial charge in [0.25, 0.3) is 0 Å². The molecular formula is C20H27N5. The van der Waals surface area contributed by atoms with Gasteiger partial charge in [0.1, 0.15) is 0 Å². The highest BCUT2D eigenvalue weighted by Crippen LogP contribution is 2.22. The summed E-state index contributed by atoms with van der Waals surface area (Å²) in [5, 5.41) is 12.8. The molecule has 0 saturated carbocycles. The highest BCUT2D eigenvalue weighted by atomic mass is 15.3. The van der Waals surface area contributed by atoms with Crippen molar-refractivity contribution < 1.29 is 0 Å². The van der Waals surface area contributed by atoms with E-state index in [-0.39, 0.29) is 0 Å². The molecule has 0 radical (unpaired) electrons. The van der Waals surface area contributed by atoms with E-state index in [2.05, 4.69) is 55.7 Å². The maximum Gasteiger partial charge on any atom is 0.0699 e. The van der Waals surface area contributed by atoms with Gasteiger partial charge in [-0.2, -0.15) is 10.2 Å². The van der Waals surface area contributed by atoms with Gasteiger partial charge < -0.3 is 5.32 Å². The first-order valence-electron chi connectivity index (χ1n) is 8.94. The van der Waals surface area contributed by atoms with E-state index in [1.807, 2.05) is 40.8 Å². The molecule has 0 aliphatic rings. The normalized spacial score (nSPS) is 12.7. The molecule has 1 atom stereocenters. The zero-order valence-corrected chi connectivity index (χ0v) is 15.5. The van der Waals surface area contributed by atoms with E-state index >= 15 is 0 Å². The molecule has 0 saturated heterocycles. The Balaban J connectivity index is 1.80. The minimum absolute atomic E-state index is 0.300. The van der Waals surface area contributed by atoms with Crippen LogP contribution in [0.5, 0.6) is 0 Å². The molecular weight excluding hydrogens is 310 g/mol. The molecule has 0 fully saturated rings. The first kappa shape index (κ1) is 17.4. The topological polar surface area (TPSA) is 47.7 Å². The molecule has 0 aliphatic heterocycles. The summed E-state index contributed by atoms with van der Waals surface area (Å²) in [6.07, 6.45) is 7.19. The smallest absolute Gasteiger partial charge is 0.0699 e. The SMILES string of the molecule is CCC(NCc1cn(-c2ccccc2)nc1C(C)C)c1cnn(C)c1. The van der Waals surface area contributed by atoms with E-state index in [1.54, 1.807) is 0 Å². The van der Waals surface area contributed by atoms with Gasteiger partial charge in [-0.15, -0.1) is 0 Å². The lowest BCUT2D eigenvalue weighted by atomic mass is 10.0. The number of hydrogen-bond donors (Lipinski definition) is 1. The number of aryl methyl sites for hydroxylation is 1. The standard InChI is InChI=1S/C20H27N5/c1-5-19(16-12-22-24(4)13-16)21-11-17-14-25(23-20(17)15(2)3)18-9-7-6-8-10-18/h6-10,12-15,19,21H,5,11H2,1-4H3. The van der Waals surface area contributed by atoms with Gasteiger partial charge >= 0.3 is 0 Å². The van der Waals surface area contributed by atoms with Crippen molar-refractivity contribution >= 4 is 0 Å². The maximum absolute atomic E-state index is 4.82. The number of nitrogens with zero attached hydrogens (tertiary/aromatic N) is 4. The van der Waals surface area contributed by atoms with Gasteiger partial charge in [0, 0.05) is 43.2 Å². The Morgan fingerprint density at radius 2 is 1.88 bits per heavy atom. The molecule has 3 rings (SSSR count). The molecule has 1 aromatic carbocycles. The molecule has 0 spiro atoms. The van der Waals surface area contributed by atoms with Crippen molar-refractivity contribution in [2.45, 2.75) is 45.7 Å². The molecule has 1 N–H and O–H groups in total. The zero-order valence-electron chi connectivity index (χ0n) is 15.5. The lowest BCUT2D eigenvalue weighted by Gasteiger charge is -2.15. The van der Waals surface area contributed by atoms with Crippen molar-refractivity contribution in [3.05, 3.63) is 65.7 Å². The fraction of sp³-hybridized carbons (Fsp3) is 0.400. The average molecular weight is 337 g/mol. The number of rotatable bonds is 7. The molecule has 0 amide bonds. The number of aromatic nitrogens is 4. The third-order valence-electron chi connectivity index (χ3n) is 4.46. The van der Waals surface area contributed by atoms with E-state index in [9.17, 15) is 0 Å². The minimum atomic E-state index is 0.300. The third-order valence-corrected chi connectivity index (χ3v) is 4.46. The summed E-state index contributed by atoms with van der Waals surface area (Å²) in [6.45, 7) is 7.38. The molecule has 132 valence electrons. The summed E-state index contributed by atoms with van der Waals surface area (Å²) in [5.74, 6) is 0.389. The second-order valence-electron chi connectivity index (χ2n) is 6.76. The fourth-order valence-electron chi connectivity index (χ4n) is 3.11. The van der Waals surface area contributed by atoms with Crippen LogP contribution in [0.1, 0.15) is 56.0 Å². The van der Waals surface area contributed by atoms with E-state index in [0.717, 1.165) is 24.3 Å². The Kier molecular flexibility index (Phi) is 5.34. The summed E-state index contributed by atoms with van der Waals surface area (Å²) < 4.78 is 3.84. The molecule has 0 bridgehead atoms. The van der Waals surface area contributed by atoms with Gasteiger partial charge in [0.2, 0.25) is 0 Å². The van der Waals surface area contributed by atoms with Crippen molar-refractivity contribution in [1.29, 1.82) is 0 Å². The summed E-state index contributed by atoms with van der Waals surface area (Å²) in [7, 11) is 1.96. The first-order valence-corrected chi connectivity index (χ1v) is 8.94. The summed E-state index contributed by atoms with van der Waals surface area (Å²) >= 11 is 0. The van der Waals surface area contributed by atoms with Crippen LogP contribution in [-0.2, 0) is 13.6 Å². The van der Waals surface area contributed by atoms with Gasteiger partial charge in [-0.3, -0.25) is 4.68 Å². The van der Waals surface area contributed by atoms with Gasteiger partial charge in [-0.05, 0) is 24.5 Å².